The summed E-state index contributed by atoms with van der Waals surface area (Å²) in [6, 6.07) is 6.41. The fourth-order valence-corrected chi connectivity index (χ4v) is 5.92. The highest BCUT2D eigenvalue weighted by Gasteiger charge is 2.42. The second kappa shape index (κ2) is 15.8. The largest absolute Gasteiger partial charge is 0.481 e. The summed E-state index contributed by atoms with van der Waals surface area (Å²) < 4.78 is 46.1. The minimum atomic E-state index is -4.58. The Balaban J connectivity index is 0.000000555. The summed E-state index contributed by atoms with van der Waals surface area (Å²) in [4.78, 5) is 36.5. The average molecular weight is 661 g/mol. The van der Waals surface area contributed by atoms with E-state index in [1.807, 2.05) is 14.1 Å². The van der Waals surface area contributed by atoms with Gasteiger partial charge in [0, 0.05) is 38.4 Å². The number of aliphatic carboxylic acids is 2. The van der Waals surface area contributed by atoms with Crippen LogP contribution in [0.5, 0.6) is 0 Å². The van der Waals surface area contributed by atoms with Crippen LogP contribution < -0.4 is 15.5 Å². The van der Waals surface area contributed by atoms with E-state index in [-0.39, 0.29) is 41.9 Å². The van der Waals surface area contributed by atoms with Gasteiger partial charge in [-0.05, 0) is 56.6 Å². The van der Waals surface area contributed by atoms with Crippen molar-refractivity contribution in [1.82, 2.24) is 30.2 Å². The van der Waals surface area contributed by atoms with E-state index < -0.39 is 29.6 Å². The third-order valence-corrected chi connectivity index (χ3v) is 8.28. The first kappa shape index (κ1) is 35.3. The normalized spacial score (nSPS) is 17.2. The summed E-state index contributed by atoms with van der Waals surface area (Å²) in [5.74, 6) is -2.88. The van der Waals surface area contributed by atoms with Crippen molar-refractivity contribution in [3.05, 3.63) is 59.7 Å². The molecule has 1 atom stereocenters. The van der Waals surface area contributed by atoms with E-state index in [9.17, 15) is 27.6 Å². The van der Waals surface area contributed by atoms with Crippen LogP contribution >= 0.6 is 0 Å². The van der Waals surface area contributed by atoms with E-state index in [1.54, 1.807) is 29.3 Å². The summed E-state index contributed by atoms with van der Waals surface area (Å²) in [6.07, 6.45) is 2.75. The molecule has 2 fully saturated rings. The van der Waals surface area contributed by atoms with Gasteiger partial charge in [-0.15, -0.1) is 0 Å². The molecule has 1 amide bonds. The highest BCUT2D eigenvalue weighted by molar-refractivity contribution is 6.05. The molecule has 4 N–H and O–H groups in total. The lowest BCUT2D eigenvalue weighted by Gasteiger charge is -2.42. The van der Waals surface area contributed by atoms with Crippen LogP contribution in [0.4, 0.5) is 24.5 Å². The molecule has 1 aliphatic carbocycles. The van der Waals surface area contributed by atoms with E-state index in [0.717, 1.165) is 25.7 Å². The number of rotatable bonds is 10. The number of carbonyl (C=O) groups excluding carboxylic acids is 1. The Morgan fingerprint density at radius 1 is 1.00 bits per heavy atom. The van der Waals surface area contributed by atoms with Crippen molar-refractivity contribution in [2.75, 3.05) is 50.5 Å². The minimum absolute atomic E-state index is 0.0215. The summed E-state index contributed by atoms with van der Waals surface area (Å²) in [5.41, 5.74) is 0.574. The summed E-state index contributed by atoms with van der Waals surface area (Å²) in [7, 11) is 3.82. The first-order valence-electron chi connectivity index (χ1n) is 15.3. The smallest absolute Gasteiger partial charge is 0.418 e. The van der Waals surface area contributed by atoms with E-state index in [2.05, 4.69) is 30.8 Å². The molecule has 13 nitrogen and oxygen atoms in total. The van der Waals surface area contributed by atoms with Crippen molar-refractivity contribution in [2.24, 2.45) is 0 Å². The maximum absolute atomic E-state index is 14.9. The molecule has 3 heterocycles. The number of piperazine rings is 1. The number of anilines is 2. The van der Waals surface area contributed by atoms with E-state index in [4.69, 9.17) is 10.2 Å². The molecule has 0 bridgehead atoms. The zero-order chi connectivity index (χ0) is 34.1. The molecule has 1 aromatic carbocycles. The van der Waals surface area contributed by atoms with Crippen LogP contribution in [-0.2, 0) is 15.8 Å². The van der Waals surface area contributed by atoms with Crippen LogP contribution in [0.2, 0.25) is 0 Å². The third kappa shape index (κ3) is 9.25. The Kier molecular flexibility index (Phi) is 11.9. The predicted molar refractivity (Wildman–Crippen MR) is 167 cm³/mol. The van der Waals surface area contributed by atoms with Gasteiger partial charge in [0.1, 0.15) is 0 Å². The monoisotopic (exact) mass is 660 g/mol. The molecule has 0 unspecified atom stereocenters. The molecule has 1 saturated heterocycles. The molecule has 0 spiro atoms. The van der Waals surface area contributed by atoms with Crippen LogP contribution in [-0.4, -0.2) is 99.3 Å². The Morgan fingerprint density at radius 3 is 2.30 bits per heavy atom. The average Bonchev–Trinajstić information content (AvgIpc) is 3.75. The summed E-state index contributed by atoms with van der Waals surface area (Å²) in [6.45, 7) is 2.07. The molecule has 47 heavy (non-hydrogen) atoms. The van der Waals surface area contributed by atoms with Crippen molar-refractivity contribution in [2.45, 2.75) is 56.7 Å². The van der Waals surface area contributed by atoms with E-state index in [0.29, 0.717) is 37.4 Å². The number of nitrogens with one attached hydrogen (secondary N) is 2. The van der Waals surface area contributed by atoms with Crippen molar-refractivity contribution < 1.29 is 37.8 Å². The van der Waals surface area contributed by atoms with Crippen LogP contribution in [0.25, 0.3) is 5.69 Å². The number of carboxylic acid groups (broad SMARTS) is 2. The Morgan fingerprint density at radius 2 is 1.70 bits per heavy atom. The van der Waals surface area contributed by atoms with Gasteiger partial charge in [-0.1, -0.05) is 18.9 Å². The van der Waals surface area contributed by atoms with Gasteiger partial charge >= 0.3 is 18.1 Å². The number of alkyl halides is 3. The fourth-order valence-electron chi connectivity index (χ4n) is 5.92. The molecule has 2 aromatic heterocycles. The van der Waals surface area contributed by atoms with Gasteiger partial charge in [0.05, 0.1) is 47.9 Å². The zero-order valence-electron chi connectivity index (χ0n) is 26.2. The number of benzene rings is 1. The number of hydrogen-bond donors (Lipinski definition) is 4. The van der Waals surface area contributed by atoms with Gasteiger partial charge in [0.2, 0.25) is 0 Å². The maximum atomic E-state index is 14.9. The van der Waals surface area contributed by atoms with Crippen molar-refractivity contribution in [3.63, 3.8) is 0 Å². The van der Waals surface area contributed by atoms with E-state index >= 15 is 0 Å². The molecule has 254 valence electrons. The second-order valence-electron chi connectivity index (χ2n) is 11.5. The fraction of sp³-hybridized carbons (Fsp3) is 0.484. The molecular weight excluding hydrogens is 621 g/mol. The maximum Gasteiger partial charge on any atom is 0.418 e. The van der Waals surface area contributed by atoms with E-state index in [1.165, 1.54) is 23.1 Å². The number of carbonyl (C=O) groups is 3. The molecule has 2 aliphatic rings. The van der Waals surface area contributed by atoms with Gasteiger partial charge in [-0.25, -0.2) is 4.68 Å². The first-order chi connectivity index (χ1) is 22.4. The lowest BCUT2D eigenvalue weighted by molar-refractivity contribution is -0.143. The lowest BCUT2D eigenvalue weighted by atomic mass is 9.90. The molecule has 1 aliphatic heterocycles. The van der Waals surface area contributed by atoms with Crippen molar-refractivity contribution in [1.29, 1.82) is 0 Å². The van der Waals surface area contributed by atoms with Crippen LogP contribution in [0.1, 0.15) is 66.1 Å². The second-order valence-corrected chi connectivity index (χ2v) is 11.5. The quantitative estimate of drug-likeness (QED) is 0.249. The number of hydrogen-bond acceptors (Lipinski definition) is 9. The first-order valence-corrected chi connectivity index (χ1v) is 15.3. The summed E-state index contributed by atoms with van der Waals surface area (Å²) >= 11 is 0. The minimum Gasteiger partial charge on any atom is -0.481 e. The van der Waals surface area contributed by atoms with Gasteiger partial charge in [0.25, 0.3) is 5.91 Å². The SMILES string of the molecule is CNC[C@H]1CN(c2c(NC(=O)c3ccn(-c4ccnnc4)n3)ccc(C3CCCC3)c2C(F)(F)F)CCN1C.O=C(O)CCC(=O)O. The highest BCUT2D eigenvalue weighted by Crippen LogP contribution is 2.48. The van der Waals surface area contributed by atoms with Gasteiger partial charge < -0.3 is 25.7 Å². The van der Waals surface area contributed by atoms with Crippen molar-refractivity contribution >= 4 is 29.2 Å². The molecular formula is C31H39F3N8O5. The molecule has 0 radical (unpaired) electrons. The number of nitrogens with zero attached hydrogens (tertiary/aromatic N) is 6. The molecule has 3 aromatic rings. The van der Waals surface area contributed by atoms with Crippen molar-refractivity contribution in [3.8, 4) is 5.69 Å². The number of amides is 1. The van der Waals surface area contributed by atoms with Crippen LogP contribution in [0.3, 0.4) is 0 Å². The van der Waals surface area contributed by atoms with Gasteiger partial charge in [0.15, 0.2) is 5.69 Å². The number of carboxylic acids is 2. The third-order valence-electron chi connectivity index (χ3n) is 8.28. The standard InChI is InChI=1S/C27H33F3N8O.C4H6O4/c1-31-15-20-17-37(14-13-36(20)2)25-22(8-7-21(18-5-3-4-6-18)24(25)27(28,29)30)34-26(39)23-10-12-38(35-23)19-9-11-32-33-16-19;5-3(6)1-2-4(7)8/h7-12,16,18,20,31H,3-6,13-15,17H2,1-2H3,(H,34,39);1-2H2,(H,5,6)(H,7,8)/t20-;/m0./s1. The molecule has 16 heteroatoms. The van der Waals surface area contributed by atoms with Gasteiger partial charge in [-0.3, -0.25) is 19.3 Å². The number of likely N-dealkylation sites (N-methyl/N-ethyl adjacent to an activating group) is 2. The Labute approximate surface area is 269 Å². The zero-order valence-corrected chi connectivity index (χ0v) is 26.2. The number of aromatic nitrogens is 4. The number of halogens is 3. The summed E-state index contributed by atoms with van der Waals surface area (Å²) in [5, 5.41) is 33.6. The van der Waals surface area contributed by atoms with Crippen LogP contribution in [0, 0.1) is 0 Å². The van der Waals surface area contributed by atoms with Gasteiger partial charge in [-0.2, -0.15) is 28.5 Å². The van der Waals surface area contributed by atoms with Crippen LogP contribution in [0.15, 0.2) is 42.9 Å². The lowest BCUT2D eigenvalue weighted by Crippen LogP contribution is -2.55. The predicted octanol–water partition coefficient (Wildman–Crippen LogP) is 3.87. The highest BCUT2D eigenvalue weighted by atomic mass is 19.4. The molecule has 1 saturated carbocycles. The molecule has 5 rings (SSSR count). The Hall–Kier alpha value is -4.57. The topological polar surface area (TPSA) is 166 Å². The Bertz CT molecular complexity index is 1520.